The summed E-state index contributed by atoms with van der Waals surface area (Å²) in [5, 5.41) is 2.98. The molecule has 0 spiro atoms. The van der Waals surface area contributed by atoms with Crippen LogP contribution in [0.25, 0.3) is 0 Å². The smallest absolute Gasteiger partial charge is 0.243 e. The van der Waals surface area contributed by atoms with Gasteiger partial charge in [0.15, 0.2) is 0 Å². The molecule has 3 rings (SSSR count). The van der Waals surface area contributed by atoms with Crippen molar-refractivity contribution in [3.63, 3.8) is 0 Å². The molecule has 25 heavy (non-hydrogen) atoms. The van der Waals surface area contributed by atoms with Crippen molar-refractivity contribution in [2.45, 2.75) is 52.9 Å². The van der Waals surface area contributed by atoms with Gasteiger partial charge in [-0.25, -0.2) is 0 Å². The monoisotopic (exact) mass is 342 g/mol. The third kappa shape index (κ3) is 4.05. The number of nitrogens with one attached hydrogen (secondary N) is 1. The van der Waals surface area contributed by atoms with E-state index < -0.39 is 0 Å². The van der Waals surface area contributed by atoms with Gasteiger partial charge in [0.2, 0.25) is 11.8 Å². The summed E-state index contributed by atoms with van der Waals surface area (Å²) in [6, 6.07) is 4.12. The lowest BCUT2D eigenvalue weighted by Gasteiger charge is -2.24. The highest BCUT2D eigenvalue weighted by Gasteiger charge is 2.40. The van der Waals surface area contributed by atoms with E-state index in [0.29, 0.717) is 12.3 Å². The van der Waals surface area contributed by atoms with E-state index in [2.05, 4.69) is 17.4 Å². The van der Waals surface area contributed by atoms with Gasteiger partial charge in [-0.2, -0.15) is 0 Å². The third-order valence-corrected chi connectivity index (χ3v) is 6.07. The van der Waals surface area contributed by atoms with Gasteiger partial charge in [-0.15, -0.1) is 0 Å². The highest BCUT2D eigenvalue weighted by molar-refractivity contribution is 5.95. The van der Waals surface area contributed by atoms with Gasteiger partial charge in [-0.1, -0.05) is 24.1 Å². The van der Waals surface area contributed by atoms with Crippen LogP contribution in [0.5, 0.6) is 0 Å². The van der Waals surface area contributed by atoms with Crippen LogP contribution in [0.15, 0.2) is 12.1 Å². The number of amides is 2. The molecule has 1 N–H and O–H groups in total. The topological polar surface area (TPSA) is 49.4 Å². The fraction of sp³-hybridized carbons (Fsp3) is 0.619. The molecule has 1 aromatic rings. The molecule has 2 saturated carbocycles. The van der Waals surface area contributed by atoms with Gasteiger partial charge in [-0.3, -0.25) is 9.59 Å². The van der Waals surface area contributed by atoms with Gasteiger partial charge in [0.05, 0.1) is 6.54 Å². The lowest BCUT2D eigenvalue weighted by atomic mass is 9.86. The molecule has 4 heteroatoms. The van der Waals surface area contributed by atoms with Gasteiger partial charge >= 0.3 is 0 Å². The average molecular weight is 342 g/mol. The molecule has 0 aliphatic heterocycles. The number of carbonyl (C=O) groups excluding carboxylic acids is 2. The first-order valence-electron chi connectivity index (χ1n) is 9.45. The average Bonchev–Trinajstić information content (AvgIpc) is 3.13. The van der Waals surface area contributed by atoms with Crippen LogP contribution in [0.2, 0.25) is 0 Å². The molecule has 2 amide bonds. The molecule has 3 atom stereocenters. The predicted molar refractivity (Wildman–Crippen MR) is 100 cm³/mol. The van der Waals surface area contributed by atoms with Crippen LogP contribution < -0.4 is 5.32 Å². The van der Waals surface area contributed by atoms with E-state index in [9.17, 15) is 9.59 Å². The van der Waals surface area contributed by atoms with Crippen LogP contribution in [0.4, 0.5) is 5.69 Å². The van der Waals surface area contributed by atoms with Crippen molar-refractivity contribution in [2.75, 3.05) is 18.9 Å². The number of benzene rings is 1. The fourth-order valence-electron chi connectivity index (χ4n) is 4.87. The number of rotatable bonds is 5. The van der Waals surface area contributed by atoms with Gasteiger partial charge in [0.1, 0.15) is 0 Å². The normalized spacial score (nSPS) is 24.4. The zero-order valence-electron chi connectivity index (χ0n) is 15.9. The first kappa shape index (κ1) is 18.0. The van der Waals surface area contributed by atoms with E-state index in [1.54, 1.807) is 11.9 Å². The Bertz CT molecular complexity index is 659. The second kappa shape index (κ2) is 7.19. The standard InChI is InChI=1S/C21H30N2O2/c1-13-7-14(2)21(15(3)8-13)22-19(24)12-23(4)20(25)11-18-10-16-5-6-17(18)9-16/h7-8,16-18H,5-6,9-12H2,1-4H3,(H,22,24). The van der Waals surface area contributed by atoms with Crippen LogP contribution >= 0.6 is 0 Å². The second-order valence-corrected chi connectivity index (χ2v) is 8.21. The second-order valence-electron chi connectivity index (χ2n) is 8.21. The van der Waals surface area contributed by atoms with Crippen LogP contribution in [0, 0.1) is 38.5 Å². The summed E-state index contributed by atoms with van der Waals surface area (Å²) >= 11 is 0. The summed E-state index contributed by atoms with van der Waals surface area (Å²) in [6.07, 6.45) is 5.77. The summed E-state index contributed by atoms with van der Waals surface area (Å²) in [6.45, 7) is 6.17. The van der Waals surface area contributed by atoms with Crippen LogP contribution in [0.1, 0.15) is 48.8 Å². The Morgan fingerprint density at radius 2 is 1.80 bits per heavy atom. The van der Waals surface area contributed by atoms with E-state index in [4.69, 9.17) is 0 Å². The van der Waals surface area contributed by atoms with E-state index in [0.717, 1.165) is 28.7 Å². The molecule has 2 aliphatic rings. The number of anilines is 1. The summed E-state index contributed by atoms with van der Waals surface area (Å²) in [4.78, 5) is 26.4. The SMILES string of the molecule is Cc1cc(C)c(NC(=O)CN(C)C(=O)CC2CC3CCC2C3)c(C)c1. The predicted octanol–water partition coefficient (Wildman–Crippen LogP) is 3.84. The zero-order chi connectivity index (χ0) is 18.1. The Morgan fingerprint density at radius 3 is 2.36 bits per heavy atom. The van der Waals surface area contributed by atoms with E-state index in [1.807, 2.05) is 20.8 Å². The van der Waals surface area contributed by atoms with Gasteiger partial charge < -0.3 is 10.2 Å². The molecule has 0 radical (unpaired) electrons. The summed E-state index contributed by atoms with van der Waals surface area (Å²) in [5.41, 5.74) is 4.17. The van der Waals surface area contributed by atoms with Crippen molar-refractivity contribution >= 4 is 17.5 Å². The molecular formula is C21H30N2O2. The highest BCUT2D eigenvalue weighted by Crippen LogP contribution is 2.49. The molecule has 2 aliphatic carbocycles. The van der Waals surface area contributed by atoms with Crippen molar-refractivity contribution in [3.8, 4) is 0 Å². The Hall–Kier alpha value is -1.84. The molecule has 4 nitrogen and oxygen atoms in total. The van der Waals surface area contributed by atoms with Crippen molar-refractivity contribution in [2.24, 2.45) is 17.8 Å². The van der Waals surface area contributed by atoms with Gasteiger partial charge in [0.25, 0.3) is 0 Å². The Morgan fingerprint density at radius 1 is 1.12 bits per heavy atom. The number of aryl methyl sites for hydroxylation is 3. The lowest BCUT2D eigenvalue weighted by molar-refractivity contribution is -0.134. The van der Waals surface area contributed by atoms with E-state index >= 15 is 0 Å². The first-order chi connectivity index (χ1) is 11.8. The first-order valence-corrected chi connectivity index (χ1v) is 9.45. The molecule has 3 unspecified atom stereocenters. The minimum atomic E-state index is -0.126. The minimum Gasteiger partial charge on any atom is -0.336 e. The van der Waals surface area contributed by atoms with Gasteiger partial charge in [-0.05, 0) is 68.9 Å². The molecule has 0 aromatic heterocycles. The highest BCUT2D eigenvalue weighted by atomic mass is 16.2. The maximum absolute atomic E-state index is 12.5. The Balaban J connectivity index is 1.53. The number of nitrogens with zero attached hydrogens (tertiary/aromatic N) is 1. The quantitative estimate of drug-likeness (QED) is 0.884. The van der Waals surface area contributed by atoms with Crippen LogP contribution in [0.3, 0.4) is 0 Å². The molecule has 1 aromatic carbocycles. The minimum absolute atomic E-state index is 0.102. The number of hydrogen-bond donors (Lipinski definition) is 1. The number of hydrogen-bond acceptors (Lipinski definition) is 2. The van der Waals surface area contributed by atoms with Gasteiger partial charge in [0, 0.05) is 19.2 Å². The maximum atomic E-state index is 12.5. The van der Waals surface area contributed by atoms with E-state index in [-0.39, 0.29) is 18.4 Å². The molecule has 2 fully saturated rings. The zero-order valence-corrected chi connectivity index (χ0v) is 15.9. The largest absolute Gasteiger partial charge is 0.336 e. The van der Waals surface area contributed by atoms with E-state index in [1.165, 1.54) is 31.2 Å². The molecule has 136 valence electrons. The molecule has 0 heterocycles. The van der Waals surface area contributed by atoms with Crippen molar-refractivity contribution in [3.05, 3.63) is 28.8 Å². The molecular weight excluding hydrogens is 312 g/mol. The number of carbonyl (C=O) groups is 2. The molecule has 0 saturated heterocycles. The van der Waals surface area contributed by atoms with Crippen molar-refractivity contribution in [1.29, 1.82) is 0 Å². The van der Waals surface area contributed by atoms with Crippen molar-refractivity contribution in [1.82, 2.24) is 4.90 Å². The maximum Gasteiger partial charge on any atom is 0.243 e. The fourth-order valence-corrected chi connectivity index (χ4v) is 4.87. The van der Waals surface area contributed by atoms with Crippen LogP contribution in [-0.2, 0) is 9.59 Å². The third-order valence-electron chi connectivity index (χ3n) is 6.07. The van der Waals surface area contributed by atoms with Crippen molar-refractivity contribution < 1.29 is 9.59 Å². The number of likely N-dealkylation sites (N-methyl/N-ethyl adjacent to an activating group) is 1. The number of fused-ring (bicyclic) bond motifs is 2. The summed E-state index contributed by atoms with van der Waals surface area (Å²) < 4.78 is 0. The Labute approximate surface area is 151 Å². The summed E-state index contributed by atoms with van der Waals surface area (Å²) in [7, 11) is 1.74. The Kier molecular flexibility index (Phi) is 5.16. The lowest BCUT2D eigenvalue weighted by Crippen LogP contribution is -2.36. The summed E-state index contributed by atoms with van der Waals surface area (Å²) in [5.74, 6) is 2.11. The van der Waals surface area contributed by atoms with Crippen LogP contribution in [-0.4, -0.2) is 30.3 Å². The molecule has 2 bridgehead atoms.